The summed E-state index contributed by atoms with van der Waals surface area (Å²) in [6.07, 6.45) is 6.33. The van der Waals surface area contributed by atoms with Crippen molar-refractivity contribution < 1.29 is 0 Å². The van der Waals surface area contributed by atoms with Gasteiger partial charge in [-0.3, -0.25) is 0 Å². The average molecular weight is 310 g/mol. The van der Waals surface area contributed by atoms with Crippen molar-refractivity contribution in [3.63, 3.8) is 0 Å². The van der Waals surface area contributed by atoms with E-state index in [4.69, 9.17) is 16.6 Å². The highest BCUT2D eigenvalue weighted by Crippen LogP contribution is 2.25. The number of nitrogens with zero attached hydrogens (tertiary/aromatic N) is 2. The second-order valence-electron chi connectivity index (χ2n) is 5.97. The first-order valence-corrected chi connectivity index (χ1v) is 8.73. The quantitative estimate of drug-likeness (QED) is 0.796. The van der Waals surface area contributed by atoms with Gasteiger partial charge in [0.2, 0.25) is 0 Å². The zero-order valence-corrected chi connectivity index (χ0v) is 14.1. The molecule has 1 aromatic rings. The fourth-order valence-corrected chi connectivity index (χ4v) is 3.13. The van der Waals surface area contributed by atoms with Crippen LogP contribution in [0, 0.1) is 5.92 Å². The van der Waals surface area contributed by atoms with Gasteiger partial charge in [-0.25, -0.2) is 4.98 Å². The van der Waals surface area contributed by atoms with Crippen LogP contribution < -0.4 is 10.2 Å². The molecule has 2 rings (SSSR count). The van der Waals surface area contributed by atoms with Gasteiger partial charge in [-0.05, 0) is 50.3 Å². The SMILES string of the molecule is CCCNCc1nc(N2CCCC(CC)CC2)ccc1Cl. The zero-order chi connectivity index (χ0) is 15.1. The lowest BCUT2D eigenvalue weighted by Gasteiger charge is -2.22. The fourth-order valence-electron chi connectivity index (χ4n) is 2.96. The van der Waals surface area contributed by atoms with Gasteiger partial charge < -0.3 is 10.2 Å². The van der Waals surface area contributed by atoms with Crippen LogP contribution in [0.25, 0.3) is 0 Å². The van der Waals surface area contributed by atoms with Crippen molar-refractivity contribution in [3.05, 3.63) is 22.8 Å². The second kappa shape index (κ2) is 8.60. The third-order valence-electron chi connectivity index (χ3n) is 4.37. The van der Waals surface area contributed by atoms with Crippen molar-refractivity contribution in [2.24, 2.45) is 5.92 Å². The van der Waals surface area contributed by atoms with Gasteiger partial charge in [-0.15, -0.1) is 0 Å². The lowest BCUT2D eigenvalue weighted by Crippen LogP contribution is -2.26. The molecule has 0 amide bonds. The van der Waals surface area contributed by atoms with Crippen LogP contribution in [0.3, 0.4) is 0 Å². The normalized spacial score (nSPS) is 19.6. The lowest BCUT2D eigenvalue weighted by atomic mass is 9.98. The van der Waals surface area contributed by atoms with E-state index in [-0.39, 0.29) is 0 Å². The van der Waals surface area contributed by atoms with Crippen molar-refractivity contribution in [3.8, 4) is 0 Å². The number of rotatable bonds is 6. The van der Waals surface area contributed by atoms with Crippen LogP contribution in [0.5, 0.6) is 0 Å². The number of hydrogen-bond acceptors (Lipinski definition) is 3. The predicted molar refractivity (Wildman–Crippen MR) is 91.1 cm³/mol. The number of hydrogen-bond donors (Lipinski definition) is 1. The molecule has 4 heteroatoms. The molecule has 1 aliphatic rings. The Morgan fingerprint density at radius 2 is 2.14 bits per heavy atom. The Bertz CT molecular complexity index is 436. The van der Waals surface area contributed by atoms with Gasteiger partial charge in [0, 0.05) is 19.6 Å². The van der Waals surface area contributed by atoms with Crippen LogP contribution in [-0.2, 0) is 6.54 Å². The van der Waals surface area contributed by atoms with E-state index in [2.05, 4.69) is 30.1 Å². The Hall–Kier alpha value is -0.800. The van der Waals surface area contributed by atoms with E-state index in [0.29, 0.717) is 0 Å². The van der Waals surface area contributed by atoms with Crippen LogP contribution in [-0.4, -0.2) is 24.6 Å². The Morgan fingerprint density at radius 3 is 2.90 bits per heavy atom. The summed E-state index contributed by atoms with van der Waals surface area (Å²) in [7, 11) is 0. The molecule has 0 aromatic carbocycles. The van der Waals surface area contributed by atoms with Gasteiger partial charge in [0.25, 0.3) is 0 Å². The van der Waals surface area contributed by atoms with Crippen LogP contribution >= 0.6 is 11.6 Å². The van der Waals surface area contributed by atoms with E-state index in [9.17, 15) is 0 Å². The van der Waals surface area contributed by atoms with Gasteiger partial charge in [0.1, 0.15) is 5.82 Å². The first-order valence-electron chi connectivity index (χ1n) is 8.35. The molecule has 1 atom stereocenters. The molecule has 1 aliphatic heterocycles. The van der Waals surface area contributed by atoms with Crippen molar-refractivity contribution in [1.82, 2.24) is 10.3 Å². The molecule has 2 heterocycles. The van der Waals surface area contributed by atoms with Crippen molar-refractivity contribution in [2.45, 2.75) is 52.5 Å². The predicted octanol–water partition coefficient (Wildman–Crippen LogP) is 4.25. The molecule has 21 heavy (non-hydrogen) atoms. The summed E-state index contributed by atoms with van der Waals surface area (Å²) < 4.78 is 0. The number of halogens is 1. The van der Waals surface area contributed by atoms with Crippen molar-refractivity contribution >= 4 is 17.4 Å². The van der Waals surface area contributed by atoms with Crippen LogP contribution in [0.1, 0.15) is 51.6 Å². The maximum Gasteiger partial charge on any atom is 0.128 e. The summed E-state index contributed by atoms with van der Waals surface area (Å²) in [5, 5.41) is 4.15. The van der Waals surface area contributed by atoms with Crippen molar-refractivity contribution in [2.75, 3.05) is 24.5 Å². The largest absolute Gasteiger partial charge is 0.357 e. The minimum atomic E-state index is 0.756. The van der Waals surface area contributed by atoms with Gasteiger partial charge in [-0.1, -0.05) is 31.9 Å². The molecule has 0 saturated carbocycles. The molecule has 0 aliphatic carbocycles. The topological polar surface area (TPSA) is 28.2 Å². The van der Waals surface area contributed by atoms with E-state index in [0.717, 1.165) is 55.1 Å². The Labute approximate surface area is 134 Å². The Kier molecular flexibility index (Phi) is 6.78. The number of aromatic nitrogens is 1. The third kappa shape index (κ3) is 4.86. The minimum absolute atomic E-state index is 0.756. The van der Waals surface area contributed by atoms with Crippen molar-refractivity contribution in [1.29, 1.82) is 0 Å². The molecular formula is C17H28ClN3. The molecule has 118 valence electrons. The highest BCUT2D eigenvalue weighted by atomic mass is 35.5. The maximum absolute atomic E-state index is 6.27. The number of anilines is 1. The van der Waals surface area contributed by atoms with Gasteiger partial charge in [0.15, 0.2) is 0 Å². The van der Waals surface area contributed by atoms with Gasteiger partial charge in [-0.2, -0.15) is 0 Å². The van der Waals surface area contributed by atoms with E-state index in [1.165, 1.54) is 25.7 Å². The molecule has 3 nitrogen and oxygen atoms in total. The first-order chi connectivity index (χ1) is 10.2. The highest BCUT2D eigenvalue weighted by Gasteiger charge is 2.17. The highest BCUT2D eigenvalue weighted by molar-refractivity contribution is 6.31. The van der Waals surface area contributed by atoms with E-state index >= 15 is 0 Å². The zero-order valence-electron chi connectivity index (χ0n) is 13.4. The molecule has 1 aromatic heterocycles. The van der Waals surface area contributed by atoms with E-state index in [1.54, 1.807) is 0 Å². The molecule has 1 N–H and O–H groups in total. The summed E-state index contributed by atoms with van der Waals surface area (Å²) in [4.78, 5) is 7.22. The molecule has 0 bridgehead atoms. The standard InChI is InChI=1S/C17H28ClN3/c1-3-10-19-13-16-15(18)7-8-17(20-16)21-11-5-6-14(4-2)9-12-21/h7-8,14,19H,3-6,9-13H2,1-2H3. The summed E-state index contributed by atoms with van der Waals surface area (Å²) in [5.41, 5.74) is 0.971. The van der Waals surface area contributed by atoms with E-state index in [1.807, 2.05) is 6.07 Å². The minimum Gasteiger partial charge on any atom is -0.357 e. The van der Waals surface area contributed by atoms with Gasteiger partial charge in [0.05, 0.1) is 10.7 Å². The van der Waals surface area contributed by atoms with Crippen LogP contribution in [0.4, 0.5) is 5.82 Å². The third-order valence-corrected chi connectivity index (χ3v) is 4.72. The molecule has 0 spiro atoms. The van der Waals surface area contributed by atoms with E-state index < -0.39 is 0 Å². The summed E-state index contributed by atoms with van der Waals surface area (Å²) in [6, 6.07) is 4.06. The Balaban J connectivity index is 2.03. The summed E-state index contributed by atoms with van der Waals surface area (Å²) >= 11 is 6.27. The molecule has 1 unspecified atom stereocenters. The number of nitrogens with one attached hydrogen (secondary N) is 1. The summed E-state index contributed by atoms with van der Waals surface area (Å²) in [6.45, 7) is 8.47. The molecule has 0 radical (unpaired) electrons. The van der Waals surface area contributed by atoms with Crippen LogP contribution in [0.15, 0.2) is 12.1 Å². The summed E-state index contributed by atoms with van der Waals surface area (Å²) in [5.74, 6) is 1.97. The maximum atomic E-state index is 6.27. The smallest absolute Gasteiger partial charge is 0.128 e. The monoisotopic (exact) mass is 309 g/mol. The molecule has 1 saturated heterocycles. The van der Waals surface area contributed by atoms with Gasteiger partial charge >= 0.3 is 0 Å². The Morgan fingerprint density at radius 1 is 1.29 bits per heavy atom. The second-order valence-corrected chi connectivity index (χ2v) is 6.37. The molecular weight excluding hydrogens is 282 g/mol. The molecule has 1 fully saturated rings. The lowest BCUT2D eigenvalue weighted by molar-refractivity contribution is 0.459. The fraction of sp³-hybridized carbons (Fsp3) is 0.706. The first kappa shape index (κ1) is 16.6. The number of pyridine rings is 1. The average Bonchev–Trinajstić information content (AvgIpc) is 2.75. The van der Waals surface area contributed by atoms with Crippen LogP contribution in [0.2, 0.25) is 5.02 Å².